The van der Waals surface area contributed by atoms with Crippen molar-refractivity contribution in [3.63, 3.8) is 0 Å². The van der Waals surface area contributed by atoms with Gasteiger partial charge in [0.05, 0.1) is 13.0 Å². The molecule has 0 saturated heterocycles. The molecule has 0 bridgehead atoms. The summed E-state index contributed by atoms with van der Waals surface area (Å²) in [7, 11) is 0. The topological polar surface area (TPSA) is 67.4 Å². The van der Waals surface area contributed by atoms with Crippen LogP contribution < -0.4 is 10.6 Å². The van der Waals surface area contributed by atoms with Gasteiger partial charge in [-0.2, -0.15) is 0 Å². The van der Waals surface area contributed by atoms with Crippen LogP contribution in [0, 0.1) is 11.8 Å². The number of nitrogens with one attached hydrogen (secondary N) is 2. The fourth-order valence-electron chi connectivity index (χ4n) is 1.67. The second-order valence-corrected chi connectivity index (χ2v) is 5.99. The third-order valence-electron chi connectivity index (χ3n) is 2.86. The van der Waals surface area contributed by atoms with Crippen molar-refractivity contribution in [3.8, 4) is 0 Å². The Balaban J connectivity index is 2.45. The Hall–Kier alpha value is -1.88. The van der Waals surface area contributed by atoms with Gasteiger partial charge in [-0.3, -0.25) is 9.59 Å². The van der Waals surface area contributed by atoms with E-state index in [1.807, 2.05) is 13.8 Å². The monoisotopic (exact) mass is 306 g/mol. The zero-order valence-electron chi connectivity index (χ0n) is 13.8. The summed E-state index contributed by atoms with van der Waals surface area (Å²) in [4.78, 5) is 23.5. The van der Waals surface area contributed by atoms with Crippen LogP contribution in [-0.2, 0) is 14.3 Å². The largest absolute Gasteiger partial charge is 0.381 e. The lowest BCUT2D eigenvalue weighted by atomic mass is 10.2. The van der Waals surface area contributed by atoms with Gasteiger partial charge < -0.3 is 15.4 Å². The zero-order valence-corrected chi connectivity index (χ0v) is 13.8. The molecule has 2 amide bonds. The van der Waals surface area contributed by atoms with Gasteiger partial charge in [0.25, 0.3) is 0 Å². The van der Waals surface area contributed by atoms with Gasteiger partial charge in [-0.05, 0) is 24.1 Å². The first-order valence-corrected chi connectivity index (χ1v) is 7.67. The number of carbonyl (C=O) groups is 2. The van der Waals surface area contributed by atoms with E-state index in [0.29, 0.717) is 36.9 Å². The molecule has 1 aromatic carbocycles. The molecular formula is C17H26N2O3. The van der Waals surface area contributed by atoms with Crippen molar-refractivity contribution < 1.29 is 14.3 Å². The first kappa shape index (κ1) is 18.2. The molecule has 0 unspecified atom stereocenters. The zero-order chi connectivity index (χ0) is 16.5. The molecule has 0 spiro atoms. The lowest BCUT2D eigenvalue weighted by Gasteiger charge is -2.10. The lowest BCUT2D eigenvalue weighted by molar-refractivity contribution is -0.119. The van der Waals surface area contributed by atoms with Crippen molar-refractivity contribution in [1.29, 1.82) is 0 Å². The maximum Gasteiger partial charge on any atom is 0.226 e. The molecule has 0 heterocycles. The SMILES string of the molecule is CC(C)COCCC(=O)Nc1cccc(NC(=O)C(C)C)c1. The molecule has 0 aliphatic rings. The van der Waals surface area contributed by atoms with Crippen LogP contribution in [0.2, 0.25) is 0 Å². The summed E-state index contributed by atoms with van der Waals surface area (Å²) in [6.07, 6.45) is 0.315. The Morgan fingerprint density at radius 1 is 1.09 bits per heavy atom. The number of benzene rings is 1. The van der Waals surface area contributed by atoms with Gasteiger partial charge in [0.15, 0.2) is 0 Å². The quantitative estimate of drug-likeness (QED) is 0.724. The third kappa shape index (κ3) is 7.22. The van der Waals surface area contributed by atoms with Gasteiger partial charge in [0.2, 0.25) is 11.8 Å². The van der Waals surface area contributed by atoms with Gasteiger partial charge in [-0.25, -0.2) is 0 Å². The fourth-order valence-corrected chi connectivity index (χ4v) is 1.67. The second-order valence-electron chi connectivity index (χ2n) is 5.99. The molecule has 122 valence electrons. The van der Waals surface area contributed by atoms with E-state index in [-0.39, 0.29) is 17.7 Å². The minimum atomic E-state index is -0.101. The molecule has 0 atom stereocenters. The molecular weight excluding hydrogens is 280 g/mol. The molecule has 1 rings (SSSR count). The van der Waals surface area contributed by atoms with E-state index in [9.17, 15) is 9.59 Å². The Morgan fingerprint density at radius 3 is 2.32 bits per heavy atom. The normalized spacial score (nSPS) is 10.8. The summed E-state index contributed by atoms with van der Waals surface area (Å²) < 4.78 is 5.39. The highest BCUT2D eigenvalue weighted by Gasteiger charge is 2.08. The first-order chi connectivity index (χ1) is 10.4. The third-order valence-corrected chi connectivity index (χ3v) is 2.86. The number of anilines is 2. The highest BCUT2D eigenvalue weighted by atomic mass is 16.5. The Bertz CT molecular complexity index is 498. The highest BCUT2D eigenvalue weighted by molar-refractivity contribution is 5.94. The first-order valence-electron chi connectivity index (χ1n) is 7.67. The molecule has 0 aliphatic heterocycles. The maximum absolute atomic E-state index is 11.8. The Kier molecular flexibility index (Phi) is 7.60. The van der Waals surface area contributed by atoms with E-state index >= 15 is 0 Å². The molecule has 22 heavy (non-hydrogen) atoms. The molecule has 1 aromatic rings. The average Bonchev–Trinajstić information content (AvgIpc) is 2.43. The molecule has 5 heteroatoms. The van der Waals surface area contributed by atoms with E-state index in [4.69, 9.17) is 4.74 Å². The number of hydrogen-bond acceptors (Lipinski definition) is 3. The second kappa shape index (κ2) is 9.20. The minimum absolute atomic E-state index is 0.0504. The number of hydrogen-bond donors (Lipinski definition) is 2. The van der Waals surface area contributed by atoms with E-state index in [1.54, 1.807) is 24.3 Å². The molecule has 0 aromatic heterocycles. The predicted molar refractivity (Wildman–Crippen MR) is 88.8 cm³/mol. The highest BCUT2D eigenvalue weighted by Crippen LogP contribution is 2.16. The summed E-state index contributed by atoms with van der Waals surface area (Å²) in [6.45, 7) is 8.86. The molecule has 0 saturated carbocycles. The predicted octanol–water partition coefficient (Wildman–Crippen LogP) is 3.28. The number of carbonyl (C=O) groups excluding carboxylic acids is 2. The van der Waals surface area contributed by atoms with Gasteiger partial charge in [0, 0.05) is 23.9 Å². The molecule has 0 fully saturated rings. The van der Waals surface area contributed by atoms with Crippen LogP contribution in [0.4, 0.5) is 11.4 Å². The van der Waals surface area contributed by atoms with Crippen LogP contribution in [0.5, 0.6) is 0 Å². The van der Waals surface area contributed by atoms with E-state index < -0.39 is 0 Å². The van der Waals surface area contributed by atoms with E-state index in [1.165, 1.54) is 0 Å². The lowest BCUT2D eigenvalue weighted by Crippen LogP contribution is -2.18. The van der Waals surface area contributed by atoms with Crippen LogP contribution >= 0.6 is 0 Å². The molecule has 2 N–H and O–H groups in total. The maximum atomic E-state index is 11.8. The van der Waals surface area contributed by atoms with E-state index in [0.717, 1.165) is 0 Å². The van der Waals surface area contributed by atoms with Crippen molar-refractivity contribution in [1.82, 2.24) is 0 Å². The number of amides is 2. The van der Waals surface area contributed by atoms with Crippen LogP contribution in [0.1, 0.15) is 34.1 Å². The van der Waals surface area contributed by atoms with Gasteiger partial charge in [-0.1, -0.05) is 33.8 Å². The smallest absolute Gasteiger partial charge is 0.226 e. The minimum Gasteiger partial charge on any atom is -0.381 e. The summed E-state index contributed by atoms with van der Waals surface area (Å²) in [5.74, 6) is 0.224. The summed E-state index contributed by atoms with van der Waals surface area (Å²) in [5.41, 5.74) is 1.34. The molecule has 0 radical (unpaired) electrons. The van der Waals surface area contributed by atoms with Crippen LogP contribution in [-0.4, -0.2) is 25.0 Å². The fraction of sp³-hybridized carbons (Fsp3) is 0.529. The number of rotatable bonds is 8. The van der Waals surface area contributed by atoms with E-state index in [2.05, 4.69) is 24.5 Å². The van der Waals surface area contributed by atoms with Gasteiger partial charge >= 0.3 is 0 Å². The van der Waals surface area contributed by atoms with Crippen molar-refractivity contribution >= 4 is 23.2 Å². The average molecular weight is 306 g/mol. The summed E-state index contributed by atoms with van der Waals surface area (Å²) >= 11 is 0. The van der Waals surface area contributed by atoms with Crippen LogP contribution in [0.3, 0.4) is 0 Å². The Morgan fingerprint density at radius 2 is 1.73 bits per heavy atom. The van der Waals surface area contributed by atoms with Crippen LogP contribution in [0.25, 0.3) is 0 Å². The van der Waals surface area contributed by atoms with Gasteiger partial charge in [-0.15, -0.1) is 0 Å². The van der Waals surface area contributed by atoms with Crippen molar-refractivity contribution in [3.05, 3.63) is 24.3 Å². The summed E-state index contributed by atoms with van der Waals surface area (Å²) in [6, 6.07) is 7.12. The van der Waals surface area contributed by atoms with Crippen molar-refractivity contribution in [2.24, 2.45) is 11.8 Å². The van der Waals surface area contributed by atoms with Crippen molar-refractivity contribution in [2.45, 2.75) is 34.1 Å². The Labute approximate surface area is 132 Å². The standard InChI is InChI=1S/C17H26N2O3/c1-12(2)11-22-9-8-16(20)18-14-6-5-7-15(10-14)19-17(21)13(3)4/h5-7,10,12-13H,8-9,11H2,1-4H3,(H,18,20)(H,19,21). The number of ether oxygens (including phenoxy) is 1. The van der Waals surface area contributed by atoms with Crippen molar-refractivity contribution in [2.75, 3.05) is 23.8 Å². The summed E-state index contributed by atoms with van der Waals surface area (Å²) in [5, 5.41) is 5.61. The van der Waals surface area contributed by atoms with Crippen LogP contribution in [0.15, 0.2) is 24.3 Å². The van der Waals surface area contributed by atoms with Gasteiger partial charge in [0.1, 0.15) is 0 Å². The molecule has 0 aliphatic carbocycles. The molecule has 5 nitrogen and oxygen atoms in total.